The fraction of sp³-hybridized carbons (Fsp3) is 0.174. The normalized spacial score (nSPS) is 11.4. The molecule has 1 heterocycles. The van der Waals surface area contributed by atoms with Gasteiger partial charge < -0.3 is 4.74 Å². The van der Waals surface area contributed by atoms with Crippen molar-refractivity contribution in [1.82, 2.24) is 9.88 Å². The lowest BCUT2D eigenvalue weighted by Crippen LogP contribution is -2.17. The van der Waals surface area contributed by atoms with Gasteiger partial charge in [0.1, 0.15) is 12.4 Å². The second-order valence-corrected chi connectivity index (χ2v) is 7.26. The maximum absolute atomic E-state index is 5.87. The van der Waals surface area contributed by atoms with Gasteiger partial charge in [0.2, 0.25) is 0 Å². The van der Waals surface area contributed by atoms with E-state index in [9.17, 15) is 0 Å². The predicted octanol–water partition coefficient (Wildman–Crippen LogP) is 5.72. The lowest BCUT2D eigenvalue weighted by atomic mass is 10.0. The molecule has 0 radical (unpaired) electrons. The van der Waals surface area contributed by atoms with Crippen molar-refractivity contribution < 1.29 is 4.74 Å². The van der Waals surface area contributed by atoms with Crippen molar-refractivity contribution in [1.29, 1.82) is 0 Å². The summed E-state index contributed by atoms with van der Waals surface area (Å²) in [7, 11) is 2.06. The molecule has 138 valence electrons. The van der Waals surface area contributed by atoms with Crippen LogP contribution >= 0.6 is 15.9 Å². The van der Waals surface area contributed by atoms with Crippen LogP contribution in [0.25, 0.3) is 22.0 Å². The van der Waals surface area contributed by atoms with E-state index in [0.29, 0.717) is 6.61 Å². The van der Waals surface area contributed by atoms with Gasteiger partial charge in [-0.05, 0) is 48.8 Å². The summed E-state index contributed by atoms with van der Waals surface area (Å²) in [5, 5.41) is 2.24. The van der Waals surface area contributed by atoms with Gasteiger partial charge in [-0.15, -0.1) is 6.58 Å². The predicted molar refractivity (Wildman–Crippen MR) is 117 cm³/mol. The first-order valence-electron chi connectivity index (χ1n) is 8.89. The lowest BCUT2D eigenvalue weighted by molar-refractivity contribution is 0.361. The summed E-state index contributed by atoms with van der Waals surface area (Å²) in [4.78, 5) is 6.75. The molecule has 0 saturated carbocycles. The second-order valence-electron chi connectivity index (χ2n) is 6.34. The van der Waals surface area contributed by atoms with Crippen molar-refractivity contribution in [3.05, 3.63) is 84.0 Å². The largest absolute Gasteiger partial charge is 0.490 e. The van der Waals surface area contributed by atoms with Gasteiger partial charge >= 0.3 is 0 Å². The van der Waals surface area contributed by atoms with Crippen molar-refractivity contribution in [3.8, 4) is 17.0 Å². The van der Waals surface area contributed by atoms with Crippen LogP contribution in [0, 0.1) is 0 Å². The standard InChI is InChI=1S/C23H23BrN2O/c1-3-14-26(2)15-4-5-16-27-21-10-11-22-19(17-21)12-13-25-23(22)18-6-8-20(24)9-7-18/h3-13,17H,1,14-16H2,2H3/b5-4+. The average Bonchev–Trinajstić information content (AvgIpc) is 2.68. The van der Waals surface area contributed by atoms with E-state index < -0.39 is 0 Å². The molecular weight excluding hydrogens is 400 g/mol. The molecule has 0 fully saturated rings. The molecule has 3 aromatic rings. The highest BCUT2D eigenvalue weighted by molar-refractivity contribution is 9.10. The number of likely N-dealkylation sites (N-methyl/N-ethyl adjacent to an activating group) is 1. The van der Waals surface area contributed by atoms with Crippen LogP contribution in [0.2, 0.25) is 0 Å². The van der Waals surface area contributed by atoms with E-state index in [-0.39, 0.29) is 0 Å². The molecule has 0 aliphatic carbocycles. The highest BCUT2D eigenvalue weighted by Crippen LogP contribution is 2.29. The maximum atomic E-state index is 5.87. The Kier molecular flexibility index (Phi) is 6.80. The first-order chi connectivity index (χ1) is 13.2. The van der Waals surface area contributed by atoms with E-state index in [1.165, 1.54) is 0 Å². The Labute approximate surface area is 169 Å². The molecule has 0 unspecified atom stereocenters. The number of rotatable bonds is 8. The van der Waals surface area contributed by atoms with E-state index in [1.807, 2.05) is 42.6 Å². The summed E-state index contributed by atoms with van der Waals surface area (Å²) in [5.41, 5.74) is 2.08. The van der Waals surface area contributed by atoms with Crippen LogP contribution in [-0.2, 0) is 0 Å². The Hall–Kier alpha value is -2.43. The van der Waals surface area contributed by atoms with Crippen molar-refractivity contribution in [3.63, 3.8) is 0 Å². The maximum Gasteiger partial charge on any atom is 0.120 e. The minimum atomic E-state index is 0.554. The summed E-state index contributed by atoms with van der Waals surface area (Å²) in [5.74, 6) is 0.861. The van der Waals surface area contributed by atoms with E-state index in [1.54, 1.807) is 0 Å². The first kappa shape index (κ1) is 19.3. The molecule has 3 nitrogen and oxygen atoms in total. The Balaban J connectivity index is 1.70. The number of ether oxygens (including phenoxy) is 1. The number of nitrogens with zero attached hydrogens (tertiary/aromatic N) is 2. The Morgan fingerprint density at radius 3 is 2.67 bits per heavy atom. The van der Waals surface area contributed by atoms with Crippen LogP contribution in [0.1, 0.15) is 0 Å². The van der Waals surface area contributed by atoms with Crippen LogP contribution in [0.15, 0.2) is 84.0 Å². The van der Waals surface area contributed by atoms with Crippen LogP contribution < -0.4 is 4.74 Å². The molecule has 0 N–H and O–H groups in total. The number of hydrogen-bond donors (Lipinski definition) is 0. The van der Waals surface area contributed by atoms with Crippen molar-refractivity contribution in [2.24, 2.45) is 0 Å². The molecular formula is C23H23BrN2O. The van der Waals surface area contributed by atoms with E-state index in [0.717, 1.165) is 45.3 Å². The summed E-state index contributed by atoms with van der Waals surface area (Å²) in [6, 6.07) is 16.4. The molecule has 0 bridgehead atoms. The molecule has 0 spiro atoms. The number of benzene rings is 2. The Morgan fingerprint density at radius 2 is 1.89 bits per heavy atom. The third kappa shape index (κ3) is 5.28. The zero-order valence-electron chi connectivity index (χ0n) is 15.4. The highest BCUT2D eigenvalue weighted by atomic mass is 79.9. The molecule has 0 aliphatic heterocycles. The molecule has 3 rings (SSSR count). The van der Waals surface area contributed by atoms with Crippen LogP contribution in [0.5, 0.6) is 5.75 Å². The third-order valence-corrected chi connectivity index (χ3v) is 4.75. The van der Waals surface area contributed by atoms with Crippen LogP contribution in [-0.4, -0.2) is 36.6 Å². The monoisotopic (exact) mass is 422 g/mol. The number of fused-ring (bicyclic) bond motifs is 1. The quantitative estimate of drug-likeness (QED) is 0.434. The highest BCUT2D eigenvalue weighted by Gasteiger charge is 2.06. The van der Waals surface area contributed by atoms with E-state index >= 15 is 0 Å². The van der Waals surface area contributed by atoms with Gasteiger partial charge in [-0.1, -0.05) is 46.3 Å². The molecule has 0 aliphatic rings. The van der Waals surface area contributed by atoms with Gasteiger partial charge in [0.25, 0.3) is 0 Å². The SMILES string of the molecule is C=CCN(C)C/C=C/COc1ccc2c(-c3ccc(Br)cc3)nccc2c1. The van der Waals surface area contributed by atoms with Crippen molar-refractivity contribution in [2.45, 2.75) is 0 Å². The smallest absolute Gasteiger partial charge is 0.120 e. The van der Waals surface area contributed by atoms with Crippen LogP contribution in [0.4, 0.5) is 0 Å². The molecule has 1 aromatic heterocycles. The first-order valence-corrected chi connectivity index (χ1v) is 9.68. The number of pyridine rings is 1. The van der Waals surface area contributed by atoms with Crippen LogP contribution in [0.3, 0.4) is 0 Å². The Morgan fingerprint density at radius 1 is 1.07 bits per heavy atom. The zero-order chi connectivity index (χ0) is 19.1. The number of hydrogen-bond acceptors (Lipinski definition) is 3. The lowest BCUT2D eigenvalue weighted by Gasteiger charge is -2.10. The molecule has 27 heavy (non-hydrogen) atoms. The summed E-state index contributed by atoms with van der Waals surface area (Å²) >= 11 is 3.48. The molecule has 0 amide bonds. The van der Waals surface area contributed by atoms with Gasteiger partial charge in [0, 0.05) is 34.7 Å². The average molecular weight is 423 g/mol. The van der Waals surface area contributed by atoms with Gasteiger partial charge in [-0.3, -0.25) is 9.88 Å². The van der Waals surface area contributed by atoms with Gasteiger partial charge in [-0.25, -0.2) is 0 Å². The van der Waals surface area contributed by atoms with Gasteiger partial charge in [-0.2, -0.15) is 0 Å². The summed E-state index contributed by atoms with van der Waals surface area (Å²) in [6.07, 6.45) is 7.90. The minimum Gasteiger partial charge on any atom is -0.490 e. The van der Waals surface area contributed by atoms with Crippen molar-refractivity contribution >= 4 is 26.7 Å². The Bertz CT molecular complexity index is 935. The summed E-state index contributed by atoms with van der Waals surface area (Å²) < 4.78 is 6.93. The van der Waals surface area contributed by atoms with Gasteiger partial charge in [0.05, 0.1) is 5.69 Å². The number of aromatic nitrogens is 1. The molecule has 2 aromatic carbocycles. The molecule has 4 heteroatoms. The summed E-state index contributed by atoms with van der Waals surface area (Å²) in [6.45, 7) is 6.06. The minimum absolute atomic E-state index is 0.554. The second kappa shape index (κ2) is 9.49. The van der Waals surface area contributed by atoms with Gasteiger partial charge in [0.15, 0.2) is 0 Å². The topological polar surface area (TPSA) is 25.4 Å². The molecule has 0 saturated heterocycles. The number of halogens is 1. The van der Waals surface area contributed by atoms with Crippen molar-refractivity contribution in [2.75, 3.05) is 26.7 Å². The van der Waals surface area contributed by atoms with E-state index in [2.05, 4.69) is 69.8 Å². The molecule has 0 atom stereocenters. The fourth-order valence-electron chi connectivity index (χ4n) is 2.85. The fourth-order valence-corrected chi connectivity index (χ4v) is 3.11. The van der Waals surface area contributed by atoms with E-state index in [4.69, 9.17) is 4.74 Å². The third-order valence-electron chi connectivity index (χ3n) is 4.22. The zero-order valence-corrected chi connectivity index (χ0v) is 17.0.